The molecule has 1 fully saturated rings. The quantitative estimate of drug-likeness (QED) is 0.885. The summed E-state index contributed by atoms with van der Waals surface area (Å²) in [7, 11) is 3.34. The number of carbonyl (C=O) groups excluding carboxylic acids is 1. The Balaban J connectivity index is 2.19. The summed E-state index contributed by atoms with van der Waals surface area (Å²) in [6, 6.07) is 7.38. The maximum absolute atomic E-state index is 12.4. The summed E-state index contributed by atoms with van der Waals surface area (Å²) >= 11 is 0. The molecule has 98 valence electrons. The number of hydrogen-bond acceptors (Lipinski definition) is 3. The van der Waals surface area contributed by atoms with Crippen molar-refractivity contribution in [2.75, 3.05) is 25.7 Å². The molecule has 18 heavy (non-hydrogen) atoms. The smallest absolute Gasteiger partial charge is 0.235 e. The molecule has 2 rings (SSSR count). The molecule has 0 heterocycles. The molecule has 1 aliphatic carbocycles. The second-order valence-corrected chi connectivity index (χ2v) is 4.86. The van der Waals surface area contributed by atoms with Crippen molar-refractivity contribution < 1.29 is 14.6 Å². The van der Waals surface area contributed by atoms with E-state index >= 15 is 0 Å². The Morgan fingerprint density at radius 1 is 1.50 bits per heavy atom. The molecule has 1 amide bonds. The molecule has 0 bridgehead atoms. The average Bonchev–Trinajstić information content (AvgIpc) is 2.37. The highest BCUT2D eigenvalue weighted by molar-refractivity contribution is 5.98. The standard InChI is InChI=1S/C14H19NO3/c1-15(11-5-3-6-12(9-11)18-2)13(17)14(10-16)7-4-8-14/h3,5-6,9,16H,4,7-8,10H2,1-2H3. The van der Waals surface area contributed by atoms with E-state index in [0.717, 1.165) is 30.7 Å². The van der Waals surface area contributed by atoms with Gasteiger partial charge in [-0.15, -0.1) is 0 Å². The lowest BCUT2D eigenvalue weighted by Gasteiger charge is -2.41. The maximum Gasteiger partial charge on any atom is 0.235 e. The molecule has 1 aromatic carbocycles. The summed E-state index contributed by atoms with van der Waals surface area (Å²) in [6.07, 6.45) is 2.56. The van der Waals surface area contributed by atoms with Gasteiger partial charge in [-0.1, -0.05) is 12.5 Å². The van der Waals surface area contributed by atoms with Crippen molar-refractivity contribution in [3.05, 3.63) is 24.3 Å². The first-order valence-electron chi connectivity index (χ1n) is 6.16. The number of benzene rings is 1. The Morgan fingerprint density at radius 3 is 2.72 bits per heavy atom. The second-order valence-electron chi connectivity index (χ2n) is 4.86. The molecule has 4 heteroatoms. The topological polar surface area (TPSA) is 49.8 Å². The lowest BCUT2D eigenvalue weighted by molar-refractivity contribution is -0.136. The van der Waals surface area contributed by atoms with Crippen molar-refractivity contribution >= 4 is 11.6 Å². The first-order valence-corrected chi connectivity index (χ1v) is 6.16. The number of hydrogen-bond donors (Lipinski definition) is 1. The third kappa shape index (κ3) is 2.08. The number of methoxy groups -OCH3 is 1. The predicted molar refractivity (Wildman–Crippen MR) is 69.8 cm³/mol. The monoisotopic (exact) mass is 249 g/mol. The zero-order valence-corrected chi connectivity index (χ0v) is 10.8. The number of aliphatic hydroxyl groups excluding tert-OH is 1. The van der Waals surface area contributed by atoms with Gasteiger partial charge in [-0.05, 0) is 25.0 Å². The van der Waals surface area contributed by atoms with Crippen LogP contribution in [0.3, 0.4) is 0 Å². The van der Waals surface area contributed by atoms with E-state index < -0.39 is 5.41 Å². The van der Waals surface area contributed by atoms with Gasteiger partial charge in [0.05, 0.1) is 19.1 Å². The summed E-state index contributed by atoms with van der Waals surface area (Å²) in [4.78, 5) is 14.0. The first-order chi connectivity index (χ1) is 8.63. The first kappa shape index (κ1) is 12.9. The number of anilines is 1. The van der Waals surface area contributed by atoms with Crippen LogP contribution >= 0.6 is 0 Å². The van der Waals surface area contributed by atoms with Crippen molar-refractivity contribution in [3.63, 3.8) is 0 Å². The molecule has 0 radical (unpaired) electrons. The van der Waals surface area contributed by atoms with Gasteiger partial charge in [0, 0.05) is 18.8 Å². The van der Waals surface area contributed by atoms with E-state index in [1.54, 1.807) is 19.1 Å². The van der Waals surface area contributed by atoms with Gasteiger partial charge in [-0.2, -0.15) is 0 Å². The van der Waals surface area contributed by atoms with Crippen LogP contribution in [-0.4, -0.2) is 31.8 Å². The SMILES string of the molecule is COc1cccc(N(C)C(=O)C2(CO)CCC2)c1. The van der Waals surface area contributed by atoms with Crippen LogP contribution in [0.25, 0.3) is 0 Å². The van der Waals surface area contributed by atoms with Crippen LogP contribution in [0.15, 0.2) is 24.3 Å². The lowest BCUT2D eigenvalue weighted by atomic mass is 9.68. The van der Waals surface area contributed by atoms with Gasteiger partial charge in [-0.3, -0.25) is 4.79 Å². The lowest BCUT2D eigenvalue weighted by Crippen LogP contribution is -2.49. The normalized spacial score (nSPS) is 16.8. The van der Waals surface area contributed by atoms with Crippen LogP contribution in [0.2, 0.25) is 0 Å². The van der Waals surface area contributed by atoms with Crippen molar-refractivity contribution in [3.8, 4) is 5.75 Å². The number of amides is 1. The number of rotatable bonds is 4. The highest BCUT2D eigenvalue weighted by Crippen LogP contribution is 2.42. The van der Waals surface area contributed by atoms with E-state index in [1.165, 1.54) is 0 Å². The van der Waals surface area contributed by atoms with E-state index in [4.69, 9.17) is 4.74 Å². The summed E-state index contributed by atoms with van der Waals surface area (Å²) in [5, 5.41) is 9.43. The predicted octanol–water partition coefficient (Wildman–Crippen LogP) is 1.82. The highest BCUT2D eigenvalue weighted by atomic mass is 16.5. The molecule has 0 spiro atoms. The highest BCUT2D eigenvalue weighted by Gasteiger charge is 2.45. The molecule has 4 nitrogen and oxygen atoms in total. The molecule has 1 saturated carbocycles. The molecule has 0 saturated heterocycles. The second kappa shape index (κ2) is 4.98. The summed E-state index contributed by atoms with van der Waals surface area (Å²) < 4.78 is 5.15. The fourth-order valence-electron chi connectivity index (χ4n) is 2.34. The van der Waals surface area contributed by atoms with Crippen molar-refractivity contribution in [1.29, 1.82) is 0 Å². The van der Waals surface area contributed by atoms with Gasteiger partial charge in [0.1, 0.15) is 5.75 Å². The largest absolute Gasteiger partial charge is 0.497 e. The van der Waals surface area contributed by atoms with Gasteiger partial charge < -0.3 is 14.7 Å². The van der Waals surface area contributed by atoms with E-state index in [9.17, 15) is 9.90 Å². The van der Waals surface area contributed by atoms with Gasteiger partial charge >= 0.3 is 0 Å². The summed E-state index contributed by atoms with van der Waals surface area (Å²) in [6.45, 7) is -0.0693. The minimum atomic E-state index is -0.558. The number of nitrogens with zero attached hydrogens (tertiary/aromatic N) is 1. The third-order valence-electron chi connectivity index (χ3n) is 3.81. The van der Waals surface area contributed by atoms with Crippen molar-refractivity contribution in [2.24, 2.45) is 5.41 Å². The summed E-state index contributed by atoms with van der Waals surface area (Å²) in [5.41, 5.74) is 0.233. The number of carbonyl (C=O) groups is 1. The zero-order valence-electron chi connectivity index (χ0n) is 10.8. The van der Waals surface area contributed by atoms with Crippen LogP contribution in [0.5, 0.6) is 5.75 Å². The van der Waals surface area contributed by atoms with Gasteiger partial charge in [0.15, 0.2) is 0 Å². The number of ether oxygens (including phenoxy) is 1. The van der Waals surface area contributed by atoms with Crippen molar-refractivity contribution in [1.82, 2.24) is 0 Å². The van der Waals surface area contributed by atoms with Crippen LogP contribution in [-0.2, 0) is 4.79 Å². The van der Waals surface area contributed by atoms with Gasteiger partial charge in [-0.25, -0.2) is 0 Å². The molecular weight excluding hydrogens is 230 g/mol. The van der Waals surface area contributed by atoms with E-state index in [2.05, 4.69) is 0 Å². The third-order valence-corrected chi connectivity index (χ3v) is 3.81. The summed E-state index contributed by atoms with van der Waals surface area (Å²) in [5.74, 6) is 0.711. The fourth-order valence-corrected chi connectivity index (χ4v) is 2.34. The van der Waals surface area contributed by atoms with Crippen molar-refractivity contribution in [2.45, 2.75) is 19.3 Å². The molecule has 1 aliphatic rings. The Hall–Kier alpha value is -1.55. The molecule has 0 aliphatic heterocycles. The Morgan fingerprint density at radius 2 is 2.22 bits per heavy atom. The molecule has 0 aromatic heterocycles. The fraction of sp³-hybridized carbons (Fsp3) is 0.500. The Kier molecular flexibility index (Phi) is 3.57. The maximum atomic E-state index is 12.4. The molecule has 1 N–H and O–H groups in total. The zero-order chi connectivity index (χ0) is 13.2. The van der Waals surface area contributed by atoms with E-state index in [-0.39, 0.29) is 12.5 Å². The minimum absolute atomic E-state index is 0.00972. The average molecular weight is 249 g/mol. The molecule has 1 aromatic rings. The van der Waals surface area contributed by atoms with Gasteiger partial charge in [0.2, 0.25) is 5.91 Å². The Bertz CT molecular complexity index is 435. The van der Waals surface area contributed by atoms with E-state index in [1.807, 2.05) is 24.3 Å². The molecular formula is C14H19NO3. The molecule has 0 atom stereocenters. The molecule has 0 unspecified atom stereocenters. The van der Waals surface area contributed by atoms with E-state index in [0.29, 0.717) is 0 Å². The van der Waals surface area contributed by atoms with Crippen LogP contribution in [0.4, 0.5) is 5.69 Å². The minimum Gasteiger partial charge on any atom is -0.497 e. The number of aliphatic hydroxyl groups is 1. The van der Waals surface area contributed by atoms with Crippen LogP contribution in [0.1, 0.15) is 19.3 Å². The van der Waals surface area contributed by atoms with Crippen LogP contribution in [0, 0.1) is 5.41 Å². The van der Waals surface area contributed by atoms with Crippen LogP contribution < -0.4 is 9.64 Å². The Labute approximate surface area is 107 Å². The van der Waals surface area contributed by atoms with Gasteiger partial charge in [0.25, 0.3) is 0 Å².